The Hall–Kier alpha value is -0.513. The maximum atomic E-state index is 11.1. The van der Waals surface area contributed by atoms with E-state index >= 15 is 0 Å². The third-order valence-electron chi connectivity index (χ3n) is 13.6. The lowest BCUT2D eigenvalue weighted by molar-refractivity contribution is -0.142. The fraction of sp³-hybridized carbons (Fsp3) is 0.983. The van der Waals surface area contributed by atoms with E-state index in [1.165, 1.54) is 219 Å². The third-order valence-corrected chi connectivity index (χ3v) is 15.3. The molecule has 0 radical (unpaired) electrons. The zero-order valence-corrected chi connectivity index (χ0v) is 47.2. The molecule has 0 amide bonds. The molecule has 2 N–H and O–H groups in total. The fourth-order valence-corrected chi connectivity index (χ4v) is 10.6. The van der Waals surface area contributed by atoms with Crippen molar-refractivity contribution in [3.8, 4) is 0 Å². The average Bonchev–Trinajstić information content (AvgIpc) is 3.30. The standard InChI is InChI=1S/C42H89NO4Si.C16H32O2/c1-7-11-15-19-21-25-33-41(32-24-17-13-9-3)40-46-48(5,6)47-42(34-26-20-16-12-8-2)45-39-31-23-22-28-36-43(37-29-30-38-44)35-27-18-14-10-4;1-3-5-7-9-10-12-14-15(16(17)18)13-11-8-6-4-2/h41-42,44H,7-40H2,1-6H3;15H,3-14H2,1-2H3,(H,17,18). The van der Waals surface area contributed by atoms with E-state index in [9.17, 15) is 15.0 Å². The van der Waals surface area contributed by atoms with Crippen LogP contribution in [-0.2, 0) is 18.4 Å². The fourth-order valence-electron chi connectivity index (χ4n) is 9.07. The summed E-state index contributed by atoms with van der Waals surface area (Å²) in [6.45, 7) is 23.6. The summed E-state index contributed by atoms with van der Waals surface area (Å²) >= 11 is 0. The normalized spacial score (nSPS) is 13.2. The molecule has 0 saturated heterocycles. The van der Waals surface area contributed by atoms with Gasteiger partial charge in [0.05, 0.1) is 5.92 Å². The van der Waals surface area contributed by atoms with Gasteiger partial charge < -0.3 is 28.7 Å². The predicted molar refractivity (Wildman–Crippen MR) is 291 cm³/mol. The van der Waals surface area contributed by atoms with Crippen LogP contribution in [0, 0.1) is 11.8 Å². The Balaban J connectivity index is 0. The molecule has 3 atom stereocenters. The Bertz CT molecular complexity index is 939. The van der Waals surface area contributed by atoms with Gasteiger partial charge in [-0.05, 0) is 109 Å². The largest absolute Gasteiger partial charge is 0.481 e. The van der Waals surface area contributed by atoms with Crippen molar-refractivity contribution in [2.75, 3.05) is 39.5 Å². The summed E-state index contributed by atoms with van der Waals surface area (Å²) in [5.41, 5.74) is 0. The predicted octanol–water partition coefficient (Wildman–Crippen LogP) is 18.4. The molecule has 0 fully saturated rings. The van der Waals surface area contributed by atoms with Gasteiger partial charge in [0.1, 0.15) is 6.29 Å². The van der Waals surface area contributed by atoms with E-state index in [0.29, 0.717) is 12.5 Å². The maximum absolute atomic E-state index is 11.1. The highest BCUT2D eigenvalue weighted by Crippen LogP contribution is 2.24. The molecule has 0 rings (SSSR count). The number of hydrogen-bond donors (Lipinski definition) is 2. The second-order valence-corrected chi connectivity index (χ2v) is 24.1. The van der Waals surface area contributed by atoms with Gasteiger partial charge in [-0.15, -0.1) is 0 Å². The van der Waals surface area contributed by atoms with Crippen molar-refractivity contribution in [3.63, 3.8) is 0 Å². The van der Waals surface area contributed by atoms with Gasteiger partial charge >= 0.3 is 14.5 Å². The Labute approximate surface area is 415 Å². The lowest BCUT2D eigenvalue weighted by Gasteiger charge is -2.31. The van der Waals surface area contributed by atoms with Crippen LogP contribution in [0.3, 0.4) is 0 Å². The number of aliphatic hydroxyl groups excluding tert-OH is 1. The Morgan fingerprint density at radius 1 is 0.455 bits per heavy atom. The molecule has 3 unspecified atom stereocenters. The van der Waals surface area contributed by atoms with Gasteiger partial charge in [-0.3, -0.25) is 4.79 Å². The van der Waals surface area contributed by atoms with Crippen molar-refractivity contribution in [1.82, 2.24) is 4.90 Å². The van der Waals surface area contributed by atoms with E-state index in [0.717, 1.165) is 71.1 Å². The van der Waals surface area contributed by atoms with E-state index < -0.39 is 14.5 Å². The highest BCUT2D eigenvalue weighted by molar-refractivity contribution is 6.64. The summed E-state index contributed by atoms with van der Waals surface area (Å²) in [6.07, 6.45) is 49.5. The van der Waals surface area contributed by atoms with Crippen molar-refractivity contribution >= 4 is 14.5 Å². The van der Waals surface area contributed by atoms with Gasteiger partial charge in [-0.1, -0.05) is 228 Å². The molecular weight excluding hydrogens is 835 g/mol. The van der Waals surface area contributed by atoms with Gasteiger partial charge in [0.15, 0.2) is 0 Å². The Morgan fingerprint density at radius 3 is 1.24 bits per heavy atom. The number of unbranched alkanes of at least 4 members (excludes halogenated alkanes) is 27. The van der Waals surface area contributed by atoms with Crippen LogP contribution in [0.15, 0.2) is 0 Å². The molecule has 0 aliphatic heterocycles. The second-order valence-electron chi connectivity index (χ2n) is 20.8. The minimum absolute atomic E-state index is 0.0898. The molecule has 0 saturated carbocycles. The molecule has 66 heavy (non-hydrogen) atoms. The third kappa shape index (κ3) is 49.9. The first kappa shape index (κ1) is 67.6. The van der Waals surface area contributed by atoms with Crippen LogP contribution in [0.5, 0.6) is 0 Å². The molecule has 0 spiro atoms. The van der Waals surface area contributed by atoms with Crippen LogP contribution in [0.25, 0.3) is 0 Å². The zero-order valence-electron chi connectivity index (χ0n) is 46.2. The number of nitrogens with zero attached hydrogens (tertiary/aromatic N) is 1. The molecule has 0 aromatic carbocycles. The monoisotopic (exact) mass is 956 g/mol. The number of hydrogen-bond acceptors (Lipinski definition) is 6. The SMILES string of the molecule is CCCCCCCCC(CCCCCC)C(=O)O.CCCCCCCCC(CCCCCC)CO[Si](C)(C)OC(CCCCCCC)OCCCCCCN(CCCCO)CCCCCC. The second kappa shape index (κ2) is 53.8. The molecule has 0 heterocycles. The quantitative estimate of drug-likeness (QED) is 0.0357. The number of carboxylic acid groups (broad SMARTS) is 1. The first-order chi connectivity index (χ1) is 32.1. The van der Waals surface area contributed by atoms with E-state index in [-0.39, 0.29) is 12.2 Å². The van der Waals surface area contributed by atoms with E-state index in [1.807, 2.05) is 0 Å². The molecule has 7 nitrogen and oxygen atoms in total. The van der Waals surface area contributed by atoms with Crippen molar-refractivity contribution in [3.05, 3.63) is 0 Å². The van der Waals surface area contributed by atoms with Crippen molar-refractivity contribution in [2.24, 2.45) is 11.8 Å². The van der Waals surface area contributed by atoms with Gasteiger partial charge in [-0.25, -0.2) is 0 Å². The number of carboxylic acids is 1. The summed E-state index contributed by atoms with van der Waals surface area (Å²) in [7, 11) is -2.29. The number of aliphatic hydroxyl groups is 1. The first-order valence-corrected chi connectivity index (χ1v) is 32.4. The lowest BCUT2D eigenvalue weighted by Crippen LogP contribution is -2.41. The summed E-state index contributed by atoms with van der Waals surface area (Å²) in [6, 6.07) is 0. The maximum Gasteiger partial charge on any atom is 0.333 e. The molecule has 398 valence electrons. The first-order valence-electron chi connectivity index (χ1n) is 29.6. The zero-order chi connectivity index (χ0) is 49.0. The van der Waals surface area contributed by atoms with Crippen molar-refractivity contribution in [1.29, 1.82) is 0 Å². The summed E-state index contributed by atoms with van der Waals surface area (Å²) < 4.78 is 19.9. The number of aliphatic carboxylic acids is 1. The average molecular weight is 957 g/mol. The van der Waals surface area contributed by atoms with E-state index in [4.69, 9.17) is 13.6 Å². The lowest BCUT2D eigenvalue weighted by atomic mass is 9.94. The minimum Gasteiger partial charge on any atom is -0.481 e. The van der Waals surface area contributed by atoms with E-state index in [2.05, 4.69) is 59.5 Å². The van der Waals surface area contributed by atoms with Crippen LogP contribution in [0.2, 0.25) is 13.1 Å². The molecule has 0 aromatic heterocycles. The molecular formula is C58H121NO6Si. The van der Waals surface area contributed by atoms with Crippen LogP contribution in [0.1, 0.15) is 298 Å². The topological polar surface area (TPSA) is 88.5 Å². The van der Waals surface area contributed by atoms with Gasteiger partial charge in [0, 0.05) is 19.8 Å². The van der Waals surface area contributed by atoms with E-state index in [1.54, 1.807) is 0 Å². The smallest absolute Gasteiger partial charge is 0.333 e. The van der Waals surface area contributed by atoms with Gasteiger partial charge in [-0.2, -0.15) is 0 Å². The molecule has 0 bridgehead atoms. The number of rotatable bonds is 53. The molecule has 0 aliphatic carbocycles. The van der Waals surface area contributed by atoms with Crippen LogP contribution in [-0.4, -0.2) is 75.4 Å². The van der Waals surface area contributed by atoms with Crippen molar-refractivity contribution in [2.45, 2.75) is 318 Å². The number of carbonyl (C=O) groups is 1. The summed E-state index contributed by atoms with van der Waals surface area (Å²) in [5.74, 6) is -0.00755. The highest BCUT2D eigenvalue weighted by Gasteiger charge is 2.30. The molecule has 0 aliphatic rings. The van der Waals surface area contributed by atoms with Crippen LogP contribution < -0.4 is 0 Å². The summed E-state index contributed by atoms with van der Waals surface area (Å²) in [4.78, 5) is 13.8. The highest BCUT2D eigenvalue weighted by atomic mass is 28.4. The summed E-state index contributed by atoms with van der Waals surface area (Å²) in [5, 5.41) is 18.4. The minimum atomic E-state index is -2.29. The number of ether oxygens (including phenoxy) is 1. The van der Waals surface area contributed by atoms with Gasteiger partial charge in [0.2, 0.25) is 0 Å². The van der Waals surface area contributed by atoms with Crippen LogP contribution in [0.4, 0.5) is 0 Å². The molecule has 0 aromatic rings. The van der Waals surface area contributed by atoms with Gasteiger partial charge in [0.25, 0.3) is 0 Å². The Kier molecular flexibility index (Phi) is 55.1. The van der Waals surface area contributed by atoms with Crippen molar-refractivity contribution < 1.29 is 28.6 Å². The Morgan fingerprint density at radius 2 is 0.803 bits per heavy atom. The van der Waals surface area contributed by atoms with Crippen LogP contribution >= 0.6 is 0 Å². The molecule has 8 heteroatoms.